The van der Waals surface area contributed by atoms with Gasteiger partial charge in [0, 0.05) is 12.8 Å². The minimum Gasteiger partial charge on any atom is -0.462 e. The molecule has 0 spiro atoms. The van der Waals surface area contributed by atoms with Gasteiger partial charge in [-0.1, -0.05) is 304 Å². The summed E-state index contributed by atoms with van der Waals surface area (Å²) in [6, 6.07) is 0. The zero-order valence-corrected chi connectivity index (χ0v) is 61.0. The van der Waals surface area contributed by atoms with Crippen molar-refractivity contribution in [1.29, 1.82) is 0 Å². The molecule has 0 aliphatic heterocycles. The Hall–Kier alpha value is -5.41. The summed E-state index contributed by atoms with van der Waals surface area (Å²) in [6.07, 6.45) is 114. The van der Waals surface area contributed by atoms with E-state index in [1.165, 1.54) is 57.8 Å². The molecule has 2 unspecified atom stereocenters. The zero-order valence-electron chi connectivity index (χ0n) is 60.1. The number of esters is 2. The molecule has 10 heteroatoms. The summed E-state index contributed by atoms with van der Waals surface area (Å²) in [6.45, 7) is 4.16. The third-order valence-electron chi connectivity index (χ3n) is 14.8. The molecule has 0 aromatic rings. The molecule has 0 bridgehead atoms. The van der Waals surface area contributed by atoms with Gasteiger partial charge >= 0.3 is 19.8 Å². The van der Waals surface area contributed by atoms with E-state index in [4.69, 9.17) is 18.5 Å². The number of nitrogens with zero attached hydrogens (tertiary/aromatic N) is 1. The van der Waals surface area contributed by atoms with E-state index in [2.05, 4.69) is 220 Å². The maximum absolute atomic E-state index is 12.9. The quantitative estimate of drug-likeness (QED) is 0.0211. The lowest BCUT2D eigenvalue weighted by molar-refractivity contribution is -0.870. The average molecular weight is 1320 g/mol. The van der Waals surface area contributed by atoms with Crippen molar-refractivity contribution in [2.75, 3.05) is 47.5 Å². The minimum atomic E-state index is -4.42. The van der Waals surface area contributed by atoms with Crippen LogP contribution in [0.25, 0.3) is 0 Å². The number of likely N-dealkylation sites (N-methyl/N-ethyl adjacent to an activating group) is 1. The van der Waals surface area contributed by atoms with Crippen molar-refractivity contribution in [3.63, 3.8) is 0 Å². The van der Waals surface area contributed by atoms with Gasteiger partial charge in [-0.25, -0.2) is 4.57 Å². The summed E-state index contributed by atoms with van der Waals surface area (Å²) in [5.74, 6) is -0.835. The van der Waals surface area contributed by atoms with Crippen LogP contribution in [0.5, 0.6) is 0 Å². The van der Waals surface area contributed by atoms with Crippen LogP contribution in [-0.4, -0.2) is 74.9 Å². The number of hydrogen-bond acceptors (Lipinski definition) is 7. The molecular formula is C84H135NO8P+. The molecule has 0 heterocycles. The van der Waals surface area contributed by atoms with Gasteiger partial charge in [-0.3, -0.25) is 18.6 Å². The standard InChI is InChI=1S/C84H134NO8P/c1-6-8-10-12-14-16-18-20-22-24-26-28-30-32-34-36-38-40-41-42-43-45-46-48-50-52-54-56-58-60-62-64-66-68-70-72-74-76-83(86)90-80-82(81-92-94(88,89)91-79-78-85(3,4)5)93-84(87)77-75-73-71-69-67-65-63-61-59-57-55-53-51-49-47-44-39-37-35-33-31-29-27-25-23-21-19-17-15-13-11-9-7-2/h8-11,14-17,20-23,26-29,32-35,38-40,42-44,46,48-49,51,55,57,61,63,82H,6-7,12-13,18-19,24-25,30-31,36-37,41,45,47,50,52-54,56,58-60,62,64-81H2,1-5H3/p+1/b10-8-,11-9-,16-14-,17-15-,22-20-,23-21-,28-26-,29-27-,34-32-,35-33-,40-38-,43-42-,44-39-,48-46-,51-49-,57-55-,63-61-. The number of carbonyl (C=O) groups excluding carboxylic acids is 2. The lowest BCUT2D eigenvalue weighted by Crippen LogP contribution is -2.37. The predicted octanol–water partition coefficient (Wildman–Crippen LogP) is 24.6. The van der Waals surface area contributed by atoms with E-state index >= 15 is 0 Å². The minimum absolute atomic E-state index is 0.0163. The number of phosphoric acid groups is 1. The molecule has 0 fully saturated rings. The van der Waals surface area contributed by atoms with E-state index in [9.17, 15) is 19.0 Å². The first kappa shape index (κ1) is 88.6. The lowest BCUT2D eigenvalue weighted by Gasteiger charge is -2.24. The van der Waals surface area contributed by atoms with Gasteiger partial charge < -0.3 is 18.9 Å². The van der Waals surface area contributed by atoms with Gasteiger partial charge in [-0.2, -0.15) is 0 Å². The number of rotatable bonds is 65. The fourth-order valence-corrected chi connectivity index (χ4v) is 10.0. The maximum atomic E-state index is 12.9. The van der Waals surface area contributed by atoms with Crippen LogP contribution in [0, 0.1) is 0 Å². The molecule has 1 N–H and O–H groups in total. The molecule has 0 radical (unpaired) electrons. The molecule has 9 nitrogen and oxygen atoms in total. The van der Waals surface area contributed by atoms with Crippen molar-refractivity contribution in [3.8, 4) is 0 Å². The molecular weight excluding hydrogens is 1180 g/mol. The highest BCUT2D eigenvalue weighted by Crippen LogP contribution is 2.43. The number of allylic oxidation sites excluding steroid dienone is 34. The third kappa shape index (κ3) is 75.6. The van der Waals surface area contributed by atoms with Gasteiger partial charge in [0.2, 0.25) is 0 Å². The summed E-state index contributed by atoms with van der Waals surface area (Å²) in [7, 11) is 1.44. The van der Waals surface area contributed by atoms with Crippen LogP contribution in [0.4, 0.5) is 0 Å². The molecule has 528 valence electrons. The van der Waals surface area contributed by atoms with Crippen molar-refractivity contribution >= 4 is 19.8 Å². The van der Waals surface area contributed by atoms with Crippen molar-refractivity contribution in [2.24, 2.45) is 0 Å². The summed E-state index contributed by atoms with van der Waals surface area (Å²) < 4.78 is 34.7. The number of phosphoric ester groups is 1. The van der Waals surface area contributed by atoms with Gasteiger partial charge in [0.25, 0.3) is 0 Å². The number of hydrogen-bond donors (Lipinski definition) is 1. The molecule has 0 aliphatic rings. The molecule has 0 amide bonds. The monoisotopic (exact) mass is 1320 g/mol. The molecule has 0 saturated carbocycles. The number of quaternary nitrogens is 1. The Labute approximate surface area is 576 Å². The summed E-state index contributed by atoms with van der Waals surface area (Å²) >= 11 is 0. The fourth-order valence-electron chi connectivity index (χ4n) is 9.26. The summed E-state index contributed by atoms with van der Waals surface area (Å²) in [5, 5.41) is 0. The Morgan fingerprint density at radius 1 is 0.330 bits per heavy atom. The van der Waals surface area contributed by atoms with Gasteiger partial charge in [0.1, 0.15) is 19.8 Å². The van der Waals surface area contributed by atoms with Gasteiger partial charge in [-0.05, 0) is 148 Å². The first-order valence-corrected chi connectivity index (χ1v) is 38.3. The Bertz CT molecular complexity index is 2340. The highest BCUT2D eigenvalue weighted by atomic mass is 31.2. The second kappa shape index (κ2) is 71.9. The number of carbonyl (C=O) groups is 2. The summed E-state index contributed by atoms with van der Waals surface area (Å²) in [4.78, 5) is 35.9. The van der Waals surface area contributed by atoms with Crippen LogP contribution in [0.1, 0.15) is 258 Å². The molecule has 94 heavy (non-hydrogen) atoms. The Morgan fingerprint density at radius 3 is 0.851 bits per heavy atom. The van der Waals surface area contributed by atoms with Crippen LogP contribution < -0.4 is 0 Å². The normalized spacial score (nSPS) is 14.3. The molecule has 0 aromatic carbocycles. The van der Waals surface area contributed by atoms with Gasteiger partial charge in [0.05, 0.1) is 27.7 Å². The smallest absolute Gasteiger partial charge is 0.462 e. The molecule has 0 rings (SSSR count). The number of ether oxygens (including phenoxy) is 2. The van der Waals surface area contributed by atoms with Crippen LogP contribution in [0.15, 0.2) is 207 Å². The Balaban J connectivity index is 4.15. The second-order valence-corrected chi connectivity index (χ2v) is 26.3. The second-order valence-electron chi connectivity index (χ2n) is 24.9. The predicted molar refractivity (Wildman–Crippen MR) is 408 cm³/mol. The van der Waals surface area contributed by atoms with Crippen LogP contribution in [0.3, 0.4) is 0 Å². The topological polar surface area (TPSA) is 108 Å². The van der Waals surface area contributed by atoms with E-state index in [1.807, 2.05) is 21.1 Å². The fraction of sp³-hybridized carbons (Fsp3) is 0.571. The maximum Gasteiger partial charge on any atom is 0.472 e. The van der Waals surface area contributed by atoms with Gasteiger partial charge in [-0.15, -0.1) is 0 Å². The van der Waals surface area contributed by atoms with Gasteiger partial charge in [0.15, 0.2) is 6.10 Å². The van der Waals surface area contributed by atoms with Crippen molar-refractivity contribution in [2.45, 2.75) is 264 Å². The molecule has 0 saturated heterocycles. The highest BCUT2D eigenvalue weighted by molar-refractivity contribution is 7.47. The Morgan fingerprint density at radius 2 is 0.574 bits per heavy atom. The highest BCUT2D eigenvalue weighted by Gasteiger charge is 2.27. The first-order valence-electron chi connectivity index (χ1n) is 36.8. The zero-order chi connectivity index (χ0) is 68.3. The molecule has 2 atom stereocenters. The summed E-state index contributed by atoms with van der Waals surface area (Å²) in [5.41, 5.74) is 0. The van der Waals surface area contributed by atoms with Crippen LogP contribution >= 0.6 is 7.82 Å². The third-order valence-corrected chi connectivity index (χ3v) is 15.8. The van der Waals surface area contributed by atoms with E-state index in [1.54, 1.807) is 0 Å². The largest absolute Gasteiger partial charge is 0.472 e. The lowest BCUT2D eigenvalue weighted by atomic mass is 10.0. The van der Waals surface area contributed by atoms with E-state index in [0.29, 0.717) is 17.4 Å². The van der Waals surface area contributed by atoms with Crippen molar-refractivity contribution in [3.05, 3.63) is 207 Å². The number of unbranched alkanes of at least 4 members (excludes halogenated alkanes) is 17. The first-order chi connectivity index (χ1) is 46.0. The molecule has 0 aliphatic carbocycles. The van der Waals surface area contributed by atoms with E-state index < -0.39 is 26.5 Å². The molecule has 0 aromatic heterocycles. The SMILES string of the molecule is CC/C=C\C/C=C\C/C=C\C/C=C\C/C=C\C/C=C\C/C=C\C/C=C\C/C=C\CCCCCCCC(=O)OC(COC(=O)CCCCCCCCCCCCCC/C=C\C/C=C\C/C=C\C/C=C\C/C=C\C/C=C\C/C=C\C/C=C\CC)COP(=O)(O)OCC[N+](C)(C)C. The Kier molecular flexibility index (Phi) is 67.7. The van der Waals surface area contributed by atoms with Crippen molar-refractivity contribution < 1.29 is 42.1 Å². The van der Waals surface area contributed by atoms with E-state index in [-0.39, 0.29) is 32.0 Å². The average Bonchev–Trinajstić information content (AvgIpc) is 1.56. The van der Waals surface area contributed by atoms with Crippen LogP contribution in [-0.2, 0) is 32.7 Å². The van der Waals surface area contributed by atoms with Crippen LogP contribution in [0.2, 0.25) is 0 Å². The van der Waals surface area contributed by atoms with Crippen molar-refractivity contribution in [1.82, 2.24) is 0 Å². The van der Waals surface area contributed by atoms with E-state index in [0.717, 1.165) is 167 Å².